The standard InChI is InChI=1S/C9H7N2O.Bi/c12-11-6-7-5-10-9-4-2-1-3-8(7)9;/h2-6,10,12H;/b11-6-;. The molecule has 0 spiro atoms. The van der Waals surface area contributed by atoms with Gasteiger partial charge in [0.15, 0.2) is 0 Å². The monoisotopic (exact) mass is 368 g/mol. The Kier molecular flexibility index (Phi) is 2.32. The Morgan fingerprint density at radius 3 is 3.08 bits per heavy atom. The molecule has 0 unspecified atom stereocenters. The number of H-pyrrole nitrogens is 1. The van der Waals surface area contributed by atoms with E-state index in [-0.39, 0.29) is 0 Å². The molecule has 2 N–H and O–H groups in total. The van der Waals surface area contributed by atoms with Crippen molar-refractivity contribution in [3.63, 3.8) is 0 Å². The predicted molar refractivity (Wildman–Crippen MR) is 53.1 cm³/mol. The molecular weight excluding hydrogens is 361 g/mol. The quantitative estimate of drug-likeness (QED) is 0.332. The predicted octanol–water partition coefficient (Wildman–Crippen LogP) is 0.770. The molecule has 0 bridgehead atoms. The summed E-state index contributed by atoms with van der Waals surface area (Å²) in [5.74, 6) is 0. The molecule has 0 atom stereocenters. The first-order chi connectivity index (χ1) is 6.31. The van der Waals surface area contributed by atoms with E-state index in [0.717, 1.165) is 16.5 Å². The van der Waals surface area contributed by atoms with E-state index in [1.54, 1.807) is 0 Å². The van der Waals surface area contributed by atoms with Crippen LogP contribution < -0.4 is 3.27 Å². The molecule has 0 aliphatic heterocycles. The molecule has 0 saturated carbocycles. The number of nitrogens with one attached hydrogen (secondary N) is 1. The van der Waals surface area contributed by atoms with E-state index in [2.05, 4.69) is 22.3 Å². The van der Waals surface area contributed by atoms with E-state index in [1.165, 1.54) is 34.2 Å². The minimum atomic E-state index is 0.922. The van der Waals surface area contributed by atoms with Gasteiger partial charge in [0.05, 0.1) is 0 Å². The van der Waals surface area contributed by atoms with Gasteiger partial charge in [0, 0.05) is 0 Å². The summed E-state index contributed by atoms with van der Waals surface area (Å²) < 4.78 is 1.31. The summed E-state index contributed by atoms with van der Waals surface area (Å²) >= 11 is 1.24. The average molecular weight is 368 g/mol. The Bertz CT molecular complexity index is 462. The SMILES string of the molecule is O/N=C\c1c[nH]c2cc[c]([Bi])cc12. The molecule has 0 aliphatic rings. The molecule has 3 nitrogen and oxygen atoms in total. The number of oxime groups is 1. The Morgan fingerprint density at radius 2 is 2.31 bits per heavy atom. The van der Waals surface area contributed by atoms with Crippen LogP contribution in [0.5, 0.6) is 0 Å². The van der Waals surface area contributed by atoms with Gasteiger partial charge in [0.1, 0.15) is 0 Å². The summed E-state index contributed by atoms with van der Waals surface area (Å²) in [4.78, 5) is 3.11. The molecule has 0 fully saturated rings. The van der Waals surface area contributed by atoms with Crippen molar-refractivity contribution in [2.75, 3.05) is 0 Å². The van der Waals surface area contributed by atoms with Crippen molar-refractivity contribution in [1.82, 2.24) is 4.98 Å². The molecule has 1 aromatic carbocycles. The van der Waals surface area contributed by atoms with Crippen molar-refractivity contribution in [3.05, 3.63) is 30.0 Å². The Balaban J connectivity index is 2.71. The Hall–Kier alpha value is -0.887. The molecule has 2 radical (unpaired) electrons. The van der Waals surface area contributed by atoms with E-state index in [0.29, 0.717) is 0 Å². The molecule has 2 aromatic rings. The molecule has 0 amide bonds. The first kappa shape index (κ1) is 8.70. The van der Waals surface area contributed by atoms with Gasteiger partial charge in [-0.25, -0.2) is 0 Å². The van der Waals surface area contributed by atoms with Crippen LogP contribution in [0, 0.1) is 0 Å². The number of rotatable bonds is 1. The number of hydrogen-bond acceptors (Lipinski definition) is 2. The normalized spacial score (nSPS) is 11.5. The third kappa shape index (κ3) is 1.59. The molecule has 0 aliphatic carbocycles. The summed E-state index contributed by atoms with van der Waals surface area (Å²) in [5, 5.41) is 12.6. The maximum absolute atomic E-state index is 8.43. The van der Waals surface area contributed by atoms with Crippen LogP contribution in [0.1, 0.15) is 5.56 Å². The number of nitrogens with zero attached hydrogens (tertiary/aromatic N) is 1. The molecule has 0 saturated heterocycles. The molecule has 1 heterocycles. The van der Waals surface area contributed by atoms with E-state index in [1.807, 2.05) is 12.3 Å². The van der Waals surface area contributed by atoms with Crippen LogP contribution in [-0.4, -0.2) is 41.1 Å². The summed E-state index contributed by atoms with van der Waals surface area (Å²) in [7, 11) is 0. The van der Waals surface area contributed by atoms with E-state index in [9.17, 15) is 0 Å². The second-order valence-electron chi connectivity index (χ2n) is 2.72. The fourth-order valence-corrected chi connectivity index (χ4v) is 2.09. The van der Waals surface area contributed by atoms with Crippen molar-refractivity contribution in [2.45, 2.75) is 0 Å². The van der Waals surface area contributed by atoms with Crippen molar-refractivity contribution < 1.29 is 5.21 Å². The number of fused-ring (bicyclic) bond motifs is 1. The van der Waals surface area contributed by atoms with Gasteiger partial charge in [-0.1, -0.05) is 0 Å². The van der Waals surface area contributed by atoms with Gasteiger partial charge >= 0.3 is 90.4 Å². The molecule has 1 aromatic heterocycles. The zero-order chi connectivity index (χ0) is 9.26. The van der Waals surface area contributed by atoms with Crippen LogP contribution in [-0.2, 0) is 0 Å². The average Bonchev–Trinajstić information content (AvgIpc) is 2.49. The van der Waals surface area contributed by atoms with Gasteiger partial charge in [-0.3, -0.25) is 0 Å². The maximum atomic E-state index is 8.43. The fraction of sp³-hybridized carbons (Fsp3) is 0. The van der Waals surface area contributed by atoms with Crippen LogP contribution in [0.15, 0.2) is 29.6 Å². The van der Waals surface area contributed by atoms with Gasteiger partial charge in [-0.05, 0) is 0 Å². The van der Waals surface area contributed by atoms with Crippen molar-refractivity contribution in [3.8, 4) is 0 Å². The molecule has 64 valence electrons. The third-order valence-electron chi connectivity index (χ3n) is 1.89. The third-order valence-corrected chi connectivity index (χ3v) is 2.98. The van der Waals surface area contributed by atoms with Crippen LogP contribution in [0.4, 0.5) is 0 Å². The molecule has 13 heavy (non-hydrogen) atoms. The number of benzene rings is 1. The summed E-state index contributed by atoms with van der Waals surface area (Å²) in [6.07, 6.45) is 3.28. The summed E-state index contributed by atoms with van der Waals surface area (Å²) in [6.45, 7) is 0. The van der Waals surface area contributed by atoms with E-state index >= 15 is 0 Å². The first-order valence-electron chi connectivity index (χ1n) is 3.79. The minimum absolute atomic E-state index is 0.922. The zero-order valence-electron chi connectivity index (χ0n) is 6.73. The zero-order valence-corrected chi connectivity index (χ0v) is 10.2. The number of aromatic amines is 1. The van der Waals surface area contributed by atoms with E-state index < -0.39 is 0 Å². The summed E-state index contributed by atoms with van der Waals surface area (Å²) in [6, 6.07) is 6.24. The second kappa shape index (κ2) is 3.46. The van der Waals surface area contributed by atoms with Crippen LogP contribution in [0.25, 0.3) is 10.9 Å². The van der Waals surface area contributed by atoms with Gasteiger partial charge in [0.2, 0.25) is 0 Å². The molecule has 2 rings (SSSR count). The fourth-order valence-electron chi connectivity index (χ4n) is 1.30. The summed E-state index contributed by atoms with van der Waals surface area (Å²) in [5.41, 5.74) is 2.00. The number of hydrogen-bond donors (Lipinski definition) is 2. The Labute approximate surface area is 90.3 Å². The molecule has 4 heteroatoms. The van der Waals surface area contributed by atoms with Gasteiger partial charge in [-0.15, -0.1) is 0 Å². The first-order valence-corrected chi connectivity index (χ1v) is 5.52. The van der Waals surface area contributed by atoms with Crippen LogP contribution >= 0.6 is 0 Å². The second-order valence-corrected chi connectivity index (χ2v) is 4.73. The van der Waals surface area contributed by atoms with Crippen LogP contribution in [0.3, 0.4) is 0 Å². The van der Waals surface area contributed by atoms with Crippen LogP contribution in [0.2, 0.25) is 0 Å². The topological polar surface area (TPSA) is 48.4 Å². The van der Waals surface area contributed by atoms with Gasteiger partial charge in [0.25, 0.3) is 0 Å². The Morgan fingerprint density at radius 1 is 1.46 bits per heavy atom. The van der Waals surface area contributed by atoms with Gasteiger partial charge < -0.3 is 0 Å². The molecular formula is C9H7BiN2O. The van der Waals surface area contributed by atoms with Crippen molar-refractivity contribution in [2.24, 2.45) is 5.16 Å². The van der Waals surface area contributed by atoms with Gasteiger partial charge in [-0.2, -0.15) is 0 Å². The number of aromatic nitrogens is 1. The van der Waals surface area contributed by atoms with E-state index in [4.69, 9.17) is 5.21 Å². The van der Waals surface area contributed by atoms with Crippen molar-refractivity contribution in [1.29, 1.82) is 0 Å². The van der Waals surface area contributed by atoms with Crippen molar-refractivity contribution >= 4 is 45.1 Å².